The Balaban J connectivity index is 0.957. The summed E-state index contributed by atoms with van der Waals surface area (Å²) in [6, 6.07) is 74.5. The van der Waals surface area contributed by atoms with Crippen molar-refractivity contribution in [3.05, 3.63) is 206 Å². The quantitative estimate of drug-likeness (QED) is 0.173. The van der Waals surface area contributed by atoms with Crippen molar-refractivity contribution in [2.75, 3.05) is 0 Å². The first-order valence-electron chi connectivity index (χ1n) is 19.5. The molecule has 0 amide bonds. The second-order valence-corrected chi connectivity index (χ2v) is 15.0. The van der Waals surface area contributed by atoms with Gasteiger partial charge in [-0.1, -0.05) is 140 Å². The topological polar surface area (TPSA) is 19.1 Å². The maximum atomic E-state index is 6.58. The summed E-state index contributed by atoms with van der Waals surface area (Å²) < 4.78 is 11.3. The van der Waals surface area contributed by atoms with Gasteiger partial charge < -0.3 is 13.9 Å². The highest BCUT2D eigenvalue weighted by Gasteiger charge is 2.24. The fourth-order valence-electron chi connectivity index (χ4n) is 9.00. The smallest absolute Gasteiger partial charge is 0.152 e. The van der Waals surface area contributed by atoms with Gasteiger partial charge in [0.2, 0.25) is 0 Å². The standard InChI is InChI=1S/C54H34N2O/c1-3-12-35(13-4-1)40-26-28-49-45(31-40)46-32-41(36-14-5-2-6-15-36)27-29-50(46)55(49)43-17-11-16-39(30-43)37-22-24-38(25-23-37)42-33-47-44-18-7-8-19-48(44)56-51-20-9-10-21-52(51)57-53(34-42)54(47)56/h1-34H. The molecule has 0 bridgehead atoms. The van der Waals surface area contributed by atoms with Gasteiger partial charge in [0.25, 0.3) is 0 Å². The molecule has 0 aliphatic carbocycles. The Kier molecular flexibility index (Phi) is 6.93. The molecular weight excluding hydrogens is 693 g/mol. The van der Waals surface area contributed by atoms with E-state index in [0.29, 0.717) is 0 Å². The summed E-state index contributed by atoms with van der Waals surface area (Å²) >= 11 is 0. The predicted molar refractivity (Wildman–Crippen MR) is 237 cm³/mol. The summed E-state index contributed by atoms with van der Waals surface area (Å²) in [4.78, 5) is 0. The van der Waals surface area contributed by atoms with Crippen LogP contribution < -0.4 is 4.74 Å². The number of nitrogens with zero attached hydrogens (tertiary/aromatic N) is 2. The molecule has 0 spiro atoms. The number of fused-ring (bicyclic) bond motifs is 8. The third-order valence-electron chi connectivity index (χ3n) is 11.7. The molecule has 3 heterocycles. The van der Waals surface area contributed by atoms with E-state index in [2.05, 4.69) is 209 Å². The van der Waals surface area contributed by atoms with E-state index in [9.17, 15) is 0 Å². The fraction of sp³-hybridized carbons (Fsp3) is 0. The SMILES string of the molecule is c1ccc(-c2ccc3c(c2)c2cc(-c4ccccc4)ccc2n3-c2cccc(-c3ccc(-c4cc5c6c(c4)c4ccccc4n6-c4ccccc4O5)cc3)c2)cc1. The zero-order valence-electron chi connectivity index (χ0n) is 30.9. The lowest BCUT2D eigenvalue weighted by Crippen LogP contribution is -2.03. The molecule has 2 aromatic heterocycles. The van der Waals surface area contributed by atoms with E-state index in [1.165, 1.54) is 71.5 Å². The zero-order valence-corrected chi connectivity index (χ0v) is 30.9. The van der Waals surface area contributed by atoms with Crippen molar-refractivity contribution < 1.29 is 4.74 Å². The number of hydrogen-bond donors (Lipinski definition) is 0. The minimum absolute atomic E-state index is 0.872. The normalized spacial score (nSPS) is 12.0. The van der Waals surface area contributed by atoms with E-state index < -0.39 is 0 Å². The van der Waals surface area contributed by atoms with Crippen LogP contribution in [0.25, 0.3) is 99.5 Å². The molecule has 3 nitrogen and oxygen atoms in total. The summed E-state index contributed by atoms with van der Waals surface area (Å²) in [5.74, 6) is 1.75. The fourth-order valence-corrected chi connectivity index (χ4v) is 9.00. The van der Waals surface area contributed by atoms with Crippen LogP contribution >= 0.6 is 0 Å². The molecule has 9 aromatic carbocycles. The maximum absolute atomic E-state index is 6.58. The van der Waals surface area contributed by atoms with Gasteiger partial charge in [-0.15, -0.1) is 0 Å². The van der Waals surface area contributed by atoms with Crippen LogP contribution in [0.4, 0.5) is 0 Å². The number of benzene rings is 9. The van der Waals surface area contributed by atoms with Crippen LogP contribution in [-0.2, 0) is 0 Å². The highest BCUT2D eigenvalue weighted by atomic mass is 16.5. The van der Waals surface area contributed by atoms with Gasteiger partial charge in [0.05, 0.1) is 27.8 Å². The number of hydrogen-bond acceptors (Lipinski definition) is 1. The molecule has 0 N–H and O–H groups in total. The van der Waals surface area contributed by atoms with E-state index >= 15 is 0 Å². The number of para-hydroxylation sites is 3. The minimum atomic E-state index is 0.872. The van der Waals surface area contributed by atoms with Gasteiger partial charge >= 0.3 is 0 Å². The van der Waals surface area contributed by atoms with E-state index in [-0.39, 0.29) is 0 Å². The second kappa shape index (κ2) is 12.5. The average Bonchev–Trinajstić information content (AvgIpc) is 3.80. The summed E-state index contributed by atoms with van der Waals surface area (Å²) in [5, 5.41) is 4.90. The lowest BCUT2D eigenvalue weighted by atomic mass is 9.98. The molecule has 12 rings (SSSR count). The number of rotatable bonds is 5. The third-order valence-corrected chi connectivity index (χ3v) is 11.7. The summed E-state index contributed by atoms with van der Waals surface area (Å²) in [6.07, 6.45) is 0. The molecule has 57 heavy (non-hydrogen) atoms. The molecular formula is C54H34N2O. The first kappa shape index (κ1) is 31.7. The molecule has 1 aliphatic rings. The molecule has 0 saturated carbocycles. The highest BCUT2D eigenvalue weighted by Crippen LogP contribution is 2.47. The van der Waals surface area contributed by atoms with Gasteiger partial charge in [0, 0.05) is 27.2 Å². The Bertz CT molecular complexity index is 3260. The largest absolute Gasteiger partial charge is 0.453 e. The molecule has 0 atom stereocenters. The van der Waals surface area contributed by atoms with E-state index in [0.717, 1.165) is 39.5 Å². The second-order valence-electron chi connectivity index (χ2n) is 15.0. The van der Waals surface area contributed by atoms with E-state index in [1.807, 2.05) is 6.07 Å². The van der Waals surface area contributed by atoms with Crippen LogP contribution in [0.2, 0.25) is 0 Å². The molecule has 0 saturated heterocycles. The van der Waals surface area contributed by atoms with Crippen LogP contribution in [-0.4, -0.2) is 9.13 Å². The van der Waals surface area contributed by atoms with Gasteiger partial charge in [-0.25, -0.2) is 0 Å². The van der Waals surface area contributed by atoms with Gasteiger partial charge in [-0.05, 0) is 111 Å². The van der Waals surface area contributed by atoms with Crippen molar-refractivity contribution in [1.29, 1.82) is 0 Å². The van der Waals surface area contributed by atoms with Gasteiger partial charge in [-0.3, -0.25) is 0 Å². The summed E-state index contributed by atoms with van der Waals surface area (Å²) in [7, 11) is 0. The molecule has 0 radical (unpaired) electrons. The lowest BCUT2D eigenvalue weighted by Gasteiger charge is -2.21. The zero-order chi connectivity index (χ0) is 37.5. The Hall–Kier alpha value is -7.62. The Labute approximate surface area is 329 Å². The molecule has 1 aliphatic heterocycles. The van der Waals surface area contributed by atoms with E-state index in [1.54, 1.807) is 0 Å². The van der Waals surface area contributed by atoms with E-state index in [4.69, 9.17) is 4.74 Å². The summed E-state index contributed by atoms with van der Waals surface area (Å²) in [6.45, 7) is 0. The highest BCUT2D eigenvalue weighted by molar-refractivity contribution is 6.14. The van der Waals surface area contributed by atoms with Gasteiger partial charge in [-0.2, -0.15) is 0 Å². The van der Waals surface area contributed by atoms with Crippen molar-refractivity contribution in [3.8, 4) is 67.4 Å². The van der Waals surface area contributed by atoms with Crippen molar-refractivity contribution >= 4 is 43.6 Å². The average molecular weight is 727 g/mol. The number of aromatic nitrogens is 2. The van der Waals surface area contributed by atoms with Crippen LogP contribution in [0.1, 0.15) is 0 Å². The lowest BCUT2D eigenvalue weighted by molar-refractivity contribution is 0.476. The third kappa shape index (κ3) is 4.99. The van der Waals surface area contributed by atoms with Gasteiger partial charge in [0.1, 0.15) is 0 Å². The predicted octanol–water partition coefficient (Wildman–Crippen LogP) is 14.7. The van der Waals surface area contributed by atoms with Crippen molar-refractivity contribution in [1.82, 2.24) is 9.13 Å². The van der Waals surface area contributed by atoms with Crippen LogP contribution in [0.15, 0.2) is 206 Å². The summed E-state index contributed by atoms with van der Waals surface area (Å²) in [5.41, 5.74) is 16.4. The monoisotopic (exact) mass is 726 g/mol. The minimum Gasteiger partial charge on any atom is -0.453 e. The maximum Gasteiger partial charge on any atom is 0.152 e. The molecule has 0 unspecified atom stereocenters. The molecule has 266 valence electrons. The first-order valence-corrected chi connectivity index (χ1v) is 19.5. The Morgan fingerprint density at radius 1 is 0.281 bits per heavy atom. The Morgan fingerprint density at radius 3 is 1.49 bits per heavy atom. The first-order chi connectivity index (χ1) is 28.2. The van der Waals surface area contributed by atoms with Crippen molar-refractivity contribution in [2.45, 2.75) is 0 Å². The Morgan fingerprint density at radius 2 is 0.789 bits per heavy atom. The van der Waals surface area contributed by atoms with Crippen LogP contribution in [0, 0.1) is 0 Å². The van der Waals surface area contributed by atoms with Crippen LogP contribution in [0.5, 0.6) is 11.5 Å². The molecule has 11 aromatic rings. The van der Waals surface area contributed by atoms with Crippen LogP contribution in [0.3, 0.4) is 0 Å². The molecule has 0 fully saturated rings. The van der Waals surface area contributed by atoms with Crippen molar-refractivity contribution in [3.63, 3.8) is 0 Å². The van der Waals surface area contributed by atoms with Gasteiger partial charge in [0.15, 0.2) is 11.5 Å². The number of ether oxygens (including phenoxy) is 1. The molecule has 3 heteroatoms. The van der Waals surface area contributed by atoms with Crippen molar-refractivity contribution in [2.24, 2.45) is 0 Å².